The van der Waals surface area contributed by atoms with E-state index in [0.717, 1.165) is 37.3 Å². The fourth-order valence-corrected chi connectivity index (χ4v) is 4.94. The van der Waals surface area contributed by atoms with Crippen LogP contribution in [0.5, 0.6) is 0 Å². The minimum absolute atomic E-state index is 0.126. The van der Waals surface area contributed by atoms with E-state index in [4.69, 9.17) is 4.98 Å². The lowest BCUT2D eigenvalue weighted by Gasteiger charge is -2.22. The Morgan fingerprint density at radius 2 is 2.13 bits per heavy atom. The van der Waals surface area contributed by atoms with E-state index in [1.807, 2.05) is 9.80 Å². The third-order valence-electron chi connectivity index (χ3n) is 6.61. The Morgan fingerprint density at radius 3 is 2.97 bits per heavy atom. The van der Waals surface area contributed by atoms with Crippen LogP contribution in [0.4, 0.5) is 14.5 Å². The molecule has 0 aromatic carbocycles. The van der Waals surface area contributed by atoms with Gasteiger partial charge in [-0.1, -0.05) is 0 Å². The molecule has 0 unspecified atom stereocenters. The van der Waals surface area contributed by atoms with E-state index in [1.54, 1.807) is 6.07 Å². The number of rotatable bonds is 3. The summed E-state index contributed by atoms with van der Waals surface area (Å²) in [7, 11) is 0. The molecule has 6 nitrogen and oxygen atoms in total. The number of carbonyl (C=O) groups is 1. The maximum absolute atomic E-state index is 13.2. The topological polar surface area (TPSA) is 61.4 Å². The third kappa shape index (κ3) is 3.33. The van der Waals surface area contributed by atoms with Crippen molar-refractivity contribution < 1.29 is 13.6 Å². The molecule has 1 amide bonds. The number of halogens is 2. The average molecular weight is 413 g/mol. The van der Waals surface area contributed by atoms with Crippen LogP contribution < -0.4 is 10.2 Å². The number of alkyl halides is 2. The van der Waals surface area contributed by atoms with E-state index >= 15 is 0 Å². The minimum atomic E-state index is -2.59. The number of nitrogens with zero attached hydrogens (tertiary/aromatic N) is 4. The van der Waals surface area contributed by atoms with Gasteiger partial charge in [0, 0.05) is 38.1 Å². The van der Waals surface area contributed by atoms with Crippen molar-refractivity contribution in [2.75, 3.05) is 24.5 Å². The average Bonchev–Trinajstić information content (AvgIpc) is 3.41. The molecule has 5 rings (SSSR count). The van der Waals surface area contributed by atoms with Crippen LogP contribution in [0.3, 0.4) is 0 Å². The summed E-state index contributed by atoms with van der Waals surface area (Å²) < 4.78 is 25.9. The summed E-state index contributed by atoms with van der Waals surface area (Å²) >= 11 is 0. The van der Waals surface area contributed by atoms with Gasteiger partial charge in [-0.05, 0) is 55.1 Å². The highest BCUT2D eigenvalue weighted by atomic mass is 19.3. The Hall–Kier alpha value is -2.61. The van der Waals surface area contributed by atoms with Gasteiger partial charge in [-0.25, -0.2) is 8.78 Å². The Bertz CT molecular complexity index is 996. The molecule has 30 heavy (non-hydrogen) atoms. The van der Waals surface area contributed by atoms with Crippen molar-refractivity contribution in [2.45, 2.75) is 45.8 Å². The molecular weight excluding hydrogens is 388 g/mol. The van der Waals surface area contributed by atoms with E-state index in [2.05, 4.69) is 17.2 Å². The number of nitrogens with one attached hydrogen (secondary N) is 1. The van der Waals surface area contributed by atoms with Gasteiger partial charge in [0.2, 0.25) is 5.91 Å². The molecule has 3 aliphatic rings. The first kappa shape index (κ1) is 19.4. The highest BCUT2D eigenvalue weighted by Crippen LogP contribution is 2.33. The van der Waals surface area contributed by atoms with Gasteiger partial charge in [0.15, 0.2) is 0 Å². The maximum Gasteiger partial charge on any atom is 0.280 e. The summed E-state index contributed by atoms with van der Waals surface area (Å²) in [5.41, 5.74) is 6.45. The second-order valence-electron chi connectivity index (χ2n) is 8.38. The lowest BCUT2D eigenvalue weighted by atomic mass is 9.96. The second kappa shape index (κ2) is 7.58. The van der Waals surface area contributed by atoms with Gasteiger partial charge in [0.05, 0.1) is 23.9 Å². The van der Waals surface area contributed by atoms with Crippen LogP contribution in [0.25, 0.3) is 0 Å². The Morgan fingerprint density at radius 1 is 1.27 bits per heavy atom. The van der Waals surface area contributed by atoms with Crippen molar-refractivity contribution in [1.29, 1.82) is 0 Å². The summed E-state index contributed by atoms with van der Waals surface area (Å²) in [5, 5.41) is 3.37. The predicted octanol–water partition coefficient (Wildman–Crippen LogP) is 2.74. The van der Waals surface area contributed by atoms with Gasteiger partial charge in [-0.3, -0.25) is 14.8 Å². The number of carbonyl (C=O) groups excluding carboxylic acids is 1. The van der Waals surface area contributed by atoms with Crippen molar-refractivity contribution in [3.05, 3.63) is 52.1 Å². The zero-order valence-corrected chi connectivity index (χ0v) is 17.0. The van der Waals surface area contributed by atoms with Gasteiger partial charge < -0.3 is 15.1 Å². The lowest BCUT2D eigenvalue weighted by molar-refractivity contribution is -0.135. The van der Waals surface area contributed by atoms with Crippen LogP contribution in [0.2, 0.25) is 0 Å². The van der Waals surface area contributed by atoms with Gasteiger partial charge in [0.1, 0.15) is 5.69 Å². The van der Waals surface area contributed by atoms with Gasteiger partial charge in [0.25, 0.3) is 6.43 Å². The Kier molecular flexibility index (Phi) is 4.89. The SMILES string of the molecule is Cc1c2c(nc3c1CN(C(=O)[C@@H]1CCN(c4ccnc(C(F)F)c4)C1)C3)CNCC2. The normalized spacial score (nSPS) is 20.6. The van der Waals surface area contributed by atoms with Crippen molar-refractivity contribution in [3.8, 4) is 0 Å². The highest BCUT2D eigenvalue weighted by molar-refractivity contribution is 5.81. The summed E-state index contributed by atoms with van der Waals surface area (Å²) in [6.07, 6.45) is 0.531. The molecule has 0 aliphatic carbocycles. The van der Waals surface area contributed by atoms with Crippen LogP contribution in [0, 0.1) is 12.8 Å². The molecule has 1 saturated heterocycles. The summed E-state index contributed by atoms with van der Waals surface area (Å²) in [4.78, 5) is 25.7. The fourth-order valence-electron chi connectivity index (χ4n) is 4.94. The van der Waals surface area contributed by atoms with Crippen molar-refractivity contribution in [1.82, 2.24) is 20.2 Å². The second-order valence-corrected chi connectivity index (χ2v) is 8.38. The number of hydrogen-bond donors (Lipinski definition) is 1. The molecule has 0 bridgehead atoms. The first-order chi connectivity index (χ1) is 14.5. The van der Waals surface area contributed by atoms with Gasteiger partial charge in [-0.2, -0.15) is 0 Å². The summed E-state index contributed by atoms with van der Waals surface area (Å²) in [6, 6.07) is 3.16. The molecule has 0 saturated carbocycles. The molecular formula is C22H25F2N5O. The van der Waals surface area contributed by atoms with Crippen LogP contribution >= 0.6 is 0 Å². The third-order valence-corrected chi connectivity index (χ3v) is 6.61. The fraction of sp³-hybridized carbons (Fsp3) is 0.500. The quantitative estimate of drug-likeness (QED) is 0.839. The van der Waals surface area contributed by atoms with Crippen molar-refractivity contribution >= 4 is 11.6 Å². The number of amides is 1. The molecule has 1 atom stereocenters. The highest BCUT2D eigenvalue weighted by Gasteiger charge is 2.36. The van der Waals surface area contributed by atoms with Gasteiger partial charge >= 0.3 is 0 Å². The van der Waals surface area contributed by atoms with E-state index in [-0.39, 0.29) is 17.5 Å². The number of hydrogen-bond acceptors (Lipinski definition) is 5. The van der Waals surface area contributed by atoms with Crippen molar-refractivity contribution in [3.63, 3.8) is 0 Å². The number of aromatic nitrogens is 2. The first-order valence-corrected chi connectivity index (χ1v) is 10.5. The zero-order chi connectivity index (χ0) is 20.8. The number of pyridine rings is 2. The summed E-state index contributed by atoms with van der Waals surface area (Å²) in [6.45, 7) is 6.32. The molecule has 1 fully saturated rings. The van der Waals surface area contributed by atoms with Crippen LogP contribution in [-0.2, 0) is 30.8 Å². The van der Waals surface area contributed by atoms with E-state index in [0.29, 0.717) is 31.9 Å². The van der Waals surface area contributed by atoms with Crippen LogP contribution in [0.15, 0.2) is 18.3 Å². The molecule has 2 aromatic rings. The minimum Gasteiger partial charge on any atom is -0.371 e. The standard InChI is InChI=1S/C22H25F2N5O/c1-13-16-3-5-25-9-19(16)27-20-12-29(11-17(13)20)22(30)14-4-7-28(10-14)15-2-6-26-18(8-15)21(23)24/h2,6,8,14,21,25H,3-5,7,9-12H2,1H3/t14-/m1/s1. The lowest BCUT2D eigenvalue weighted by Crippen LogP contribution is -2.34. The molecule has 1 N–H and O–H groups in total. The molecule has 2 aromatic heterocycles. The van der Waals surface area contributed by atoms with E-state index in [9.17, 15) is 13.6 Å². The molecule has 158 valence electrons. The summed E-state index contributed by atoms with van der Waals surface area (Å²) in [5.74, 6) is 0.00760. The first-order valence-electron chi connectivity index (χ1n) is 10.5. The molecule has 8 heteroatoms. The Balaban J connectivity index is 1.29. The number of anilines is 1. The molecule has 3 aliphatic heterocycles. The Labute approximate surface area is 174 Å². The maximum atomic E-state index is 13.2. The molecule has 5 heterocycles. The predicted molar refractivity (Wildman–Crippen MR) is 108 cm³/mol. The smallest absolute Gasteiger partial charge is 0.280 e. The monoisotopic (exact) mass is 413 g/mol. The van der Waals surface area contributed by atoms with E-state index < -0.39 is 6.43 Å². The van der Waals surface area contributed by atoms with Crippen LogP contribution in [0.1, 0.15) is 46.6 Å². The van der Waals surface area contributed by atoms with E-state index in [1.165, 1.54) is 29.0 Å². The molecule has 0 radical (unpaired) electrons. The largest absolute Gasteiger partial charge is 0.371 e. The zero-order valence-electron chi connectivity index (χ0n) is 17.0. The molecule has 0 spiro atoms. The number of fused-ring (bicyclic) bond motifs is 2. The van der Waals surface area contributed by atoms with Crippen LogP contribution in [-0.4, -0.2) is 40.4 Å². The van der Waals surface area contributed by atoms with Crippen molar-refractivity contribution in [2.24, 2.45) is 5.92 Å². The van der Waals surface area contributed by atoms with Gasteiger partial charge in [-0.15, -0.1) is 0 Å².